The molecule has 29 heavy (non-hydrogen) atoms. The third-order valence-corrected chi connectivity index (χ3v) is 5.03. The lowest BCUT2D eigenvalue weighted by molar-refractivity contribution is 0.908. The van der Waals surface area contributed by atoms with Crippen LogP contribution in [0.15, 0.2) is 72.8 Å². The fraction of sp³-hybridized carbons (Fsp3) is 0.0800. The van der Waals surface area contributed by atoms with Gasteiger partial charge in [-0.1, -0.05) is 54.6 Å². The van der Waals surface area contributed by atoms with Crippen molar-refractivity contribution < 1.29 is 0 Å². The Balaban J connectivity index is 1.54. The van der Waals surface area contributed by atoms with Gasteiger partial charge in [0.2, 0.25) is 0 Å². The van der Waals surface area contributed by atoms with Crippen LogP contribution >= 0.6 is 0 Å². The summed E-state index contributed by atoms with van der Waals surface area (Å²) in [5.41, 5.74) is 4.68. The number of benzene rings is 3. The molecule has 0 aliphatic heterocycles. The van der Waals surface area contributed by atoms with Gasteiger partial charge in [0.15, 0.2) is 5.82 Å². The van der Waals surface area contributed by atoms with Crippen LogP contribution in [-0.4, -0.2) is 19.5 Å². The van der Waals surface area contributed by atoms with Gasteiger partial charge in [0.1, 0.15) is 11.6 Å². The number of nitrogens with zero attached hydrogens (tertiary/aromatic N) is 4. The van der Waals surface area contributed by atoms with Crippen LogP contribution in [0.3, 0.4) is 0 Å². The van der Waals surface area contributed by atoms with E-state index in [1.54, 1.807) is 0 Å². The molecule has 5 rings (SSSR count). The van der Waals surface area contributed by atoms with E-state index in [1.807, 2.05) is 26.0 Å². The van der Waals surface area contributed by atoms with E-state index in [2.05, 4.69) is 92.3 Å². The highest BCUT2D eigenvalue weighted by Crippen LogP contribution is 2.31. The lowest BCUT2D eigenvalue weighted by Gasteiger charge is -2.08. The Morgan fingerprint density at radius 3 is 1.76 bits per heavy atom. The highest BCUT2D eigenvalue weighted by molar-refractivity contribution is 6.09. The van der Waals surface area contributed by atoms with Gasteiger partial charge in [-0.15, -0.1) is 0 Å². The number of fused-ring (bicyclic) bond motifs is 3. The SMILES string of the molecule is Cc1nc(C)nc(/C=C/c2ccc(-n3c4ccccc4c4ccccc43)cc2)n1. The molecule has 0 amide bonds. The Bertz CT molecular complexity index is 1290. The molecule has 0 fully saturated rings. The monoisotopic (exact) mass is 376 g/mol. The first-order valence-corrected chi connectivity index (χ1v) is 9.65. The maximum atomic E-state index is 4.36. The summed E-state index contributed by atoms with van der Waals surface area (Å²) in [4.78, 5) is 12.9. The molecule has 0 atom stereocenters. The van der Waals surface area contributed by atoms with Crippen molar-refractivity contribution in [3.05, 3.63) is 95.8 Å². The van der Waals surface area contributed by atoms with Crippen molar-refractivity contribution in [2.45, 2.75) is 13.8 Å². The van der Waals surface area contributed by atoms with Gasteiger partial charge in [-0.3, -0.25) is 0 Å². The van der Waals surface area contributed by atoms with Gasteiger partial charge >= 0.3 is 0 Å². The molecule has 0 aliphatic carbocycles. The Hall–Kier alpha value is -3.79. The molecule has 0 unspecified atom stereocenters. The molecular weight excluding hydrogens is 356 g/mol. The number of hydrogen-bond donors (Lipinski definition) is 0. The van der Waals surface area contributed by atoms with Crippen LogP contribution in [0, 0.1) is 13.8 Å². The van der Waals surface area contributed by atoms with Crippen LogP contribution in [0.2, 0.25) is 0 Å². The van der Waals surface area contributed by atoms with Crippen molar-refractivity contribution in [3.63, 3.8) is 0 Å². The average Bonchev–Trinajstić information content (AvgIpc) is 3.07. The van der Waals surface area contributed by atoms with Gasteiger partial charge in [0.05, 0.1) is 11.0 Å². The maximum Gasteiger partial charge on any atom is 0.156 e. The maximum absolute atomic E-state index is 4.36. The molecule has 2 aromatic heterocycles. The summed E-state index contributed by atoms with van der Waals surface area (Å²) in [6.07, 6.45) is 3.96. The minimum atomic E-state index is 0.682. The van der Waals surface area contributed by atoms with Gasteiger partial charge in [0, 0.05) is 16.5 Å². The van der Waals surface area contributed by atoms with Crippen LogP contribution < -0.4 is 0 Å². The molecule has 0 spiro atoms. The largest absolute Gasteiger partial charge is 0.309 e. The molecule has 3 aromatic carbocycles. The van der Waals surface area contributed by atoms with Crippen molar-refractivity contribution in [1.29, 1.82) is 0 Å². The van der Waals surface area contributed by atoms with Crippen LogP contribution in [-0.2, 0) is 0 Å². The zero-order chi connectivity index (χ0) is 19.8. The van der Waals surface area contributed by atoms with Gasteiger partial charge < -0.3 is 4.57 Å². The topological polar surface area (TPSA) is 43.6 Å². The first kappa shape index (κ1) is 17.3. The second-order valence-corrected chi connectivity index (χ2v) is 7.08. The third kappa shape index (κ3) is 3.19. The third-order valence-electron chi connectivity index (χ3n) is 5.03. The van der Waals surface area contributed by atoms with E-state index >= 15 is 0 Å². The molecule has 140 valence electrons. The van der Waals surface area contributed by atoms with E-state index in [4.69, 9.17) is 0 Å². The van der Waals surface area contributed by atoms with Crippen LogP contribution in [0.25, 0.3) is 39.6 Å². The highest BCUT2D eigenvalue weighted by atomic mass is 15.0. The lowest BCUT2D eigenvalue weighted by Crippen LogP contribution is -1.98. The van der Waals surface area contributed by atoms with Crippen molar-refractivity contribution >= 4 is 34.0 Å². The zero-order valence-electron chi connectivity index (χ0n) is 16.4. The molecule has 0 saturated carbocycles. The molecule has 5 aromatic rings. The van der Waals surface area contributed by atoms with Gasteiger partial charge in [-0.2, -0.15) is 0 Å². The summed E-state index contributed by atoms with van der Waals surface area (Å²) in [5.74, 6) is 2.15. The summed E-state index contributed by atoms with van der Waals surface area (Å²) in [6, 6.07) is 25.6. The van der Waals surface area contributed by atoms with Crippen molar-refractivity contribution in [2.75, 3.05) is 0 Å². The standard InChI is InChI=1S/C25H20N4/c1-17-26-18(2)28-25(27-17)16-13-19-11-14-20(15-12-19)29-23-9-5-3-7-21(23)22-8-4-6-10-24(22)29/h3-16H,1-2H3/b16-13+. The second kappa shape index (κ2) is 6.99. The molecule has 4 nitrogen and oxygen atoms in total. The van der Waals surface area contributed by atoms with E-state index in [0.717, 1.165) is 22.9 Å². The number of hydrogen-bond acceptors (Lipinski definition) is 3. The minimum absolute atomic E-state index is 0.682. The summed E-state index contributed by atoms with van der Waals surface area (Å²) in [7, 11) is 0. The molecule has 2 heterocycles. The summed E-state index contributed by atoms with van der Waals surface area (Å²) < 4.78 is 2.32. The number of rotatable bonds is 3. The van der Waals surface area contributed by atoms with E-state index in [0.29, 0.717) is 5.82 Å². The van der Waals surface area contributed by atoms with Gasteiger partial charge in [-0.25, -0.2) is 15.0 Å². The summed E-state index contributed by atoms with van der Waals surface area (Å²) >= 11 is 0. The predicted octanol–water partition coefficient (Wildman–Crippen LogP) is 5.76. The second-order valence-electron chi connectivity index (χ2n) is 7.08. The molecule has 0 aliphatic rings. The average molecular weight is 376 g/mol. The smallest absolute Gasteiger partial charge is 0.156 e. The van der Waals surface area contributed by atoms with E-state index in [9.17, 15) is 0 Å². The molecule has 0 saturated heterocycles. The summed E-state index contributed by atoms with van der Waals surface area (Å²) in [6.45, 7) is 3.76. The Morgan fingerprint density at radius 1 is 0.621 bits per heavy atom. The molecule has 0 bridgehead atoms. The molecule has 4 heteroatoms. The van der Waals surface area contributed by atoms with Crippen LogP contribution in [0.1, 0.15) is 23.0 Å². The number of para-hydroxylation sites is 2. The predicted molar refractivity (Wildman–Crippen MR) is 119 cm³/mol. The quantitative estimate of drug-likeness (QED) is 0.402. The minimum Gasteiger partial charge on any atom is -0.309 e. The van der Waals surface area contributed by atoms with E-state index in [-0.39, 0.29) is 0 Å². The molecule has 0 radical (unpaired) electrons. The highest BCUT2D eigenvalue weighted by Gasteiger charge is 2.10. The first-order chi connectivity index (χ1) is 14.2. The van der Waals surface area contributed by atoms with Crippen molar-refractivity contribution in [3.8, 4) is 5.69 Å². The normalized spacial score (nSPS) is 11.7. The van der Waals surface area contributed by atoms with E-state index < -0.39 is 0 Å². The van der Waals surface area contributed by atoms with Crippen molar-refractivity contribution in [1.82, 2.24) is 19.5 Å². The van der Waals surface area contributed by atoms with Crippen molar-refractivity contribution in [2.24, 2.45) is 0 Å². The van der Waals surface area contributed by atoms with Gasteiger partial charge in [0.25, 0.3) is 0 Å². The molecule has 0 N–H and O–H groups in total. The Morgan fingerprint density at radius 2 is 1.17 bits per heavy atom. The van der Waals surface area contributed by atoms with Gasteiger partial charge in [-0.05, 0) is 49.8 Å². The van der Waals surface area contributed by atoms with Crippen LogP contribution in [0.5, 0.6) is 0 Å². The fourth-order valence-corrected chi connectivity index (χ4v) is 3.82. The Labute approximate surface area is 169 Å². The van der Waals surface area contributed by atoms with Crippen LogP contribution in [0.4, 0.5) is 0 Å². The zero-order valence-corrected chi connectivity index (χ0v) is 16.4. The number of aryl methyl sites for hydroxylation is 2. The fourth-order valence-electron chi connectivity index (χ4n) is 3.82. The molecular formula is C25H20N4. The van der Waals surface area contributed by atoms with E-state index in [1.165, 1.54) is 21.8 Å². The lowest BCUT2D eigenvalue weighted by atomic mass is 10.2. The first-order valence-electron chi connectivity index (χ1n) is 9.65. The Kier molecular flexibility index (Phi) is 4.17. The number of aromatic nitrogens is 4. The summed E-state index contributed by atoms with van der Waals surface area (Å²) in [5, 5.41) is 2.54.